The smallest absolute Gasteiger partial charge is 0.408 e. The second-order valence-electron chi connectivity index (χ2n) is 7.57. The van der Waals surface area contributed by atoms with Crippen molar-refractivity contribution < 1.29 is 27.9 Å². The molecule has 0 fully saturated rings. The van der Waals surface area contributed by atoms with E-state index >= 15 is 0 Å². The zero-order valence-electron chi connectivity index (χ0n) is 17.1. The first-order chi connectivity index (χ1) is 14.3. The van der Waals surface area contributed by atoms with Gasteiger partial charge in [0.2, 0.25) is 11.7 Å². The molecule has 31 heavy (non-hydrogen) atoms. The van der Waals surface area contributed by atoms with Crippen LogP contribution in [0, 0.1) is 11.6 Å². The van der Waals surface area contributed by atoms with Crippen molar-refractivity contribution >= 4 is 51.0 Å². The fraction of sp³-hybridized carbons (Fsp3) is 0.286. The van der Waals surface area contributed by atoms with Gasteiger partial charge in [-0.3, -0.25) is 9.59 Å². The molecule has 0 radical (unpaired) electrons. The van der Waals surface area contributed by atoms with Gasteiger partial charge in [-0.1, -0.05) is 17.7 Å². The molecule has 166 valence electrons. The summed E-state index contributed by atoms with van der Waals surface area (Å²) in [5, 5.41) is 4.68. The molecule has 0 aliphatic heterocycles. The van der Waals surface area contributed by atoms with E-state index in [0.29, 0.717) is 0 Å². The van der Waals surface area contributed by atoms with E-state index in [-0.39, 0.29) is 20.7 Å². The largest absolute Gasteiger partial charge is 0.444 e. The minimum absolute atomic E-state index is 0.0799. The van der Waals surface area contributed by atoms with Crippen LogP contribution in [0.2, 0.25) is 5.02 Å². The third kappa shape index (κ3) is 6.24. The lowest BCUT2D eigenvalue weighted by Crippen LogP contribution is -2.44. The third-order valence-corrected chi connectivity index (χ3v) is 5.18. The van der Waals surface area contributed by atoms with Crippen LogP contribution >= 0.6 is 27.5 Å². The summed E-state index contributed by atoms with van der Waals surface area (Å²) in [6.07, 6.45) is -0.811. The highest BCUT2D eigenvalue weighted by atomic mass is 79.9. The molecule has 2 aromatic carbocycles. The van der Waals surface area contributed by atoms with Crippen LogP contribution < -0.4 is 10.6 Å². The van der Waals surface area contributed by atoms with Crippen LogP contribution in [0.1, 0.15) is 43.6 Å². The molecule has 2 amide bonds. The van der Waals surface area contributed by atoms with Crippen molar-refractivity contribution in [3.8, 4) is 0 Å². The average Bonchev–Trinajstić information content (AvgIpc) is 2.62. The van der Waals surface area contributed by atoms with E-state index in [1.54, 1.807) is 20.8 Å². The number of carbonyl (C=O) groups excluding carboxylic acids is 3. The van der Waals surface area contributed by atoms with E-state index in [0.717, 1.165) is 18.2 Å². The normalized spacial score (nSPS) is 12.1. The molecule has 10 heteroatoms. The van der Waals surface area contributed by atoms with Gasteiger partial charge >= 0.3 is 6.09 Å². The predicted octanol–water partition coefficient (Wildman–Crippen LogP) is 5.46. The standard InChI is InChI=1S/C21H20BrClF2N2O4/c1-10(26-20(30)31-21(2,3)4)19(29)27-14-9-8-11(22)17(23)16(14)18(28)15-12(24)6-5-7-13(15)25/h5-10H,1-4H3,(H,26,30)(H,27,29)/t10-/m0/s1. The zero-order chi connectivity index (χ0) is 23.5. The van der Waals surface area contributed by atoms with E-state index in [9.17, 15) is 23.2 Å². The molecule has 0 spiro atoms. The molecule has 0 saturated carbocycles. The Labute approximate surface area is 191 Å². The lowest BCUT2D eigenvalue weighted by molar-refractivity contribution is -0.117. The number of hydrogen-bond acceptors (Lipinski definition) is 4. The Bertz CT molecular complexity index is 1020. The molecule has 0 aliphatic carbocycles. The Kier molecular flexibility index (Phi) is 7.77. The molecule has 0 aliphatic rings. The predicted molar refractivity (Wildman–Crippen MR) is 116 cm³/mol. The molecule has 1 atom stereocenters. The van der Waals surface area contributed by atoms with Gasteiger partial charge in [-0.05, 0) is 67.9 Å². The fourth-order valence-electron chi connectivity index (χ4n) is 2.51. The first kappa shape index (κ1) is 24.7. The number of nitrogens with one attached hydrogen (secondary N) is 2. The number of halogens is 4. The molecule has 0 heterocycles. The first-order valence-electron chi connectivity index (χ1n) is 9.09. The molecule has 0 saturated heterocycles. The van der Waals surface area contributed by atoms with Gasteiger partial charge in [-0.15, -0.1) is 0 Å². The Balaban J connectivity index is 2.34. The van der Waals surface area contributed by atoms with Crippen LogP contribution in [0.5, 0.6) is 0 Å². The number of ketones is 1. The van der Waals surface area contributed by atoms with Gasteiger partial charge in [-0.2, -0.15) is 0 Å². The van der Waals surface area contributed by atoms with Crippen molar-refractivity contribution in [2.75, 3.05) is 5.32 Å². The van der Waals surface area contributed by atoms with Crippen molar-refractivity contribution in [1.82, 2.24) is 5.32 Å². The number of benzene rings is 2. The van der Waals surface area contributed by atoms with E-state index in [2.05, 4.69) is 26.6 Å². The Morgan fingerprint density at radius 3 is 2.19 bits per heavy atom. The molecule has 2 aromatic rings. The van der Waals surface area contributed by atoms with Crippen molar-refractivity contribution in [2.45, 2.75) is 39.3 Å². The third-order valence-electron chi connectivity index (χ3n) is 3.90. The number of carbonyl (C=O) groups is 3. The van der Waals surface area contributed by atoms with Crippen LogP contribution in [0.3, 0.4) is 0 Å². The van der Waals surface area contributed by atoms with Gasteiger partial charge in [0.1, 0.15) is 23.3 Å². The maximum atomic E-state index is 14.2. The minimum Gasteiger partial charge on any atom is -0.444 e. The lowest BCUT2D eigenvalue weighted by atomic mass is 10.00. The molecular weight excluding hydrogens is 498 g/mol. The van der Waals surface area contributed by atoms with Gasteiger partial charge in [0.15, 0.2) is 0 Å². The van der Waals surface area contributed by atoms with Crippen molar-refractivity contribution in [3.63, 3.8) is 0 Å². The van der Waals surface area contributed by atoms with Gasteiger partial charge in [0.05, 0.1) is 21.8 Å². The Morgan fingerprint density at radius 1 is 1.06 bits per heavy atom. The van der Waals surface area contributed by atoms with Gasteiger partial charge in [0.25, 0.3) is 0 Å². The van der Waals surface area contributed by atoms with Gasteiger partial charge in [-0.25, -0.2) is 13.6 Å². The maximum Gasteiger partial charge on any atom is 0.408 e. The summed E-state index contributed by atoms with van der Waals surface area (Å²) in [7, 11) is 0. The van der Waals surface area contributed by atoms with E-state index in [1.165, 1.54) is 19.1 Å². The second kappa shape index (κ2) is 9.74. The summed E-state index contributed by atoms with van der Waals surface area (Å²) in [6, 6.07) is 4.75. The number of alkyl carbamates (subject to hydrolysis) is 1. The van der Waals surface area contributed by atoms with Crippen LogP contribution in [0.15, 0.2) is 34.8 Å². The number of amides is 2. The van der Waals surface area contributed by atoms with Gasteiger partial charge < -0.3 is 15.4 Å². The molecule has 0 bridgehead atoms. The highest BCUT2D eigenvalue weighted by Crippen LogP contribution is 2.34. The average molecular weight is 518 g/mol. The summed E-state index contributed by atoms with van der Waals surface area (Å²) >= 11 is 9.37. The van der Waals surface area contributed by atoms with Crippen LogP contribution in [0.4, 0.5) is 19.3 Å². The number of ether oxygens (including phenoxy) is 1. The minimum atomic E-state index is -1.07. The van der Waals surface area contributed by atoms with Gasteiger partial charge in [0, 0.05) is 4.47 Å². The second-order valence-corrected chi connectivity index (χ2v) is 8.80. The van der Waals surface area contributed by atoms with Crippen LogP contribution in [0.25, 0.3) is 0 Å². The summed E-state index contributed by atoms with van der Waals surface area (Å²) in [5.74, 6) is -3.89. The van der Waals surface area contributed by atoms with E-state index in [1.807, 2.05) is 0 Å². The molecule has 6 nitrogen and oxygen atoms in total. The Hall–Kier alpha value is -2.52. The molecule has 2 N–H and O–H groups in total. The van der Waals surface area contributed by atoms with Crippen molar-refractivity contribution in [3.05, 3.63) is 62.6 Å². The summed E-state index contributed by atoms with van der Waals surface area (Å²) in [5.41, 5.74) is -1.96. The molecular formula is C21H20BrClF2N2O4. The van der Waals surface area contributed by atoms with Crippen molar-refractivity contribution in [2.24, 2.45) is 0 Å². The molecule has 2 rings (SSSR count). The topological polar surface area (TPSA) is 84.5 Å². The Morgan fingerprint density at radius 2 is 1.65 bits per heavy atom. The summed E-state index contributed by atoms with van der Waals surface area (Å²) in [6.45, 7) is 6.40. The molecule has 0 unspecified atom stereocenters. The number of anilines is 1. The summed E-state index contributed by atoms with van der Waals surface area (Å²) in [4.78, 5) is 37.4. The lowest BCUT2D eigenvalue weighted by Gasteiger charge is -2.22. The monoisotopic (exact) mass is 516 g/mol. The first-order valence-corrected chi connectivity index (χ1v) is 10.3. The maximum absolute atomic E-state index is 14.2. The van der Waals surface area contributed by atoms with Crippen LogP contribution in [-0.4, -0.2) is 29.4 Å². The summed E-state index contributed by atoms with van der Waals surface area (Å²) < 4.78 is 33.7. The quantitative estimate of drug-likeness (QED) is 0.516. The van der Waals surface area contributed by atoms with E-state index in [4.69, 9.17) is 16.3 Å². The van der Waals surface area contributed by atoms with Crippen molar-refractivity contribution in [1.29, 1.82) is 0 Å². The SMILES string of the molecule is C[C@H](NC(=O)OC(C)(C)C)C(=O)Nc1ccc(Br)c(Cl)c1C(=O)c1c(F)cccc1F. The van der Waals surface area contributed by atoms with Crippen LogP contribution in [-0.2, 0) is 9.53 Å². The number of hydrogen-bond donors (Lipinski definition) is 2. The highest BCUT2D eigenvalue weighted by molar-refractivity contribution is 9.10. The van der Waals surface area contributed by atoms with E-state index < -0.39 is 46.6 Å². The fourth-order valence-corrected chi connectivity index (χ4v) is 3.09. The highest BCUT2D eigenvalue weighted by Gasteiger charge is 2.27. The zero-order valence-corrected chi connectivity index (χ0v) is 19.5. The molecule has 0 aromatic heterocycles. The number of rotatable bonds is 5.